The summed E-state index contributed by atoms with van der Waals surface area (Å²) in [5.41, 5.74) is 4.75. The van der Waals surface area contributed by atoms with Crippen molar-refractivity contribution in [3.8, 4) is 5.75 Å². The van der Waals surface area contributed by atoms with Crippen LogP contribution in [0.4, 0.5) is 5.82 Å². The molecule has 59 heavy (non-hydrogen) atoms. The molecule has 5 aromatic rings. The summed E-state index contributed by atoms with van der Waals surface area (Å²) in [6, 6.07) is 25.0. The maximum atomic E-state index is 14.7. The Morgan fingerprint density at radius 1 is 0.966 bits per heavy atom. The second-order valence-electron chi connectivity index (χ2n) is 15.3. The van der Waals surface area contributed by atoms with Crippen LogP contribution in [0.25, 0.3) is 10.9 Å². The number of aromatic hydroxyl groups is 1. The van der Waals surface area contributed by atoms with Crippen molar-refractivity contribution in [1.29, 1.82) is 0 Å². The number of Topliss-reactive ketones (excluding diaryl/α,β-unsaturated/α-hetero) is 1. The van der Waals surface area contributed by atoms with Gasteiger partial charge in [-0.3, -0.25) is 19.2 Å². The van der Waals surface area contributed by atoms with E-state index in [9.17, 15) is 29.4 Å². The average Bonchev–Trinajstić information content (AvgIpc) is 3.59. The molecule has 0 radical (unpaired) electrons. The molecule has 0 aliphatic carbocycles. The summed E-state index contributed by atoms with van der Waals surface area (Å²) in [5.74, 6) is 0.109. The van der Waals surface area contributed by atoms with Crippen LogP contribution in [0.5, 0.6) is 5.75 Å². The fraction of sp³-hybridized carbons (Fsp3) is 0.326. The number of anilines is 1. The summed E-state index contributed by atoms with van der Waals surface area (Å²) in [6.45, 7) is 5.10. The second-order valence-corrected chi connectivity index (χ2v) is 15.3. The third-order valence-electron chi connectivity index (χ3n) is 11.2. The van der Waals surface area contributed by atoms with Gasteiger partial charge in [-0.25, -0.2) is 15.0 Å². The Morgan fingerprint density at radius 2 is 1.73 bits per heavy atom. The van der Waals surface area contributed by atoms with Gasteiger partial charge >= 0.3 is 0 Å². The van der Waals surface area contributed by atoms with Gasteiger partial charge in [0.05, 0.1) is 18.6 Å². The normalized spacial score (nSPS) is 17.0. The molecule has 13 nitrogen and oxygen atoms in total. The number of pyridine rings is 1. The molecule has 2 fully saturated rings. The van der Waals surface area contributed by atoms with E-state index in [1.54, 1.807) is 56.4 Å². The van der Waals surface area contributed by atoms with Crippen molar-refractivity contribution in [3.63, 3.8) is 0 Å². The van der Waals surface area contributed by atoms with Crippen molar-refractivity contribution >= 4 is 40.2 Å². The number of aryl methyl sites for hydroxylation is 2. The Hall–Kier alpha value is -6.31. The topological polar surface area (TPSA) is 143 Å². The lowest BCUT2D eigenvalue weighted by Crippen LogP contribution is -2.75. The number of carbonyl (C=O) groups is 4. The Labute approximate surface area is 344 Å². The van der Waals surface area contributed by atoms with E-state index in [0.717, 1.165) is 39.0 Å². The van der Waals surface area contributed by atoms with E-state index < -0.39 is 12.2 Å². The number of hydrogen-bond acceptors (Lipinski definition) is 9. The quantitative estimate of drug-likeness (QED) is 0.109. The number of para-hydroxylation sites is 1. The lowest BCUT2D eigenvalue weighted by Gasteiger charge is -2.55. The SMILES string of the molecule is C=CCN1CC(=O)N2C(CN(Cc3cccc4c(C(=O)Cc5ccc(N(C)CCCO)nc5)cn(C)c34)C(=O)[C@@H]2Cc2ccc(O)cc2)N1C(=O)CCc1ccccc1. The van der Waals surface area contributed by atoms with Gasteiger partial charge in [-0.05, 0) is 53.3 Å². The van der Waals surface area contributed by atoms with E-state index in [0.29, 0.717) is 24.9 Å². The number of aliphatic hydroxyl groups excluding tert-OH is 1. The minimum atomic E-state index is -0.916. The fourth-order valence-corrected chi connectivity index (χ4v) is 8.33. The summed E-state index contributed by atoms with van der Waals surface area (Å²) >= 11 is 0. The van der Waals surface area contributed by atoms with Gasteiger partial charge in [0.2, 0.25) is 17.7 Å². The lowest BCUT2D eigenvalue weighted by molar-refractivity contribution is -0.205. The van der Waals surface area contributed by atoms with Gasteiger partial charge in [0.25, 0.3) is 0 Å². The molecule has 2 aliphatic heterocycles. The number of fused-ring (bicyclic) bond motifs is 2. The Morgan fingerprint density at radius 3 is 2.44 bits per heavy atom. The number of phenolic OH excluding ortho intramolecular Hbond substituents is 1. The number of rotatable bonds is 16. The zero-order valence-corrected chi connectivity index (χ0v) is 33.6. The Kier molecular flexibility index (Phi) is 12.5. The van der Waals surface area contributed by atoms with E-state index in [2.05, 4.69) is 11.6 Å². The van der Waals surface area contributed by atoms with Crippen molar-refractivity contribution in [2.24, 2.45) is 7.05 Å². The number of hydrazine groups is 1. The van der Waals surface area contributed by atoms with Crippen LogP contribution in [0.1, 0.15) is 45.5 Å². The summed E-state index contributed by atoms with van der Waals surface area (Å²) in [7, 11) is 3.80. The maximum Gasteiger partial charge on any atom is 0.246 e. The van der Waals surface area contributed by atoms with Crippen molar-refractivity contribution in [3.05, 3.63) is 138 Å². The van der Waals surface area contributed by atoms with Gasteiger partial charge < -0.3 is 29.5 Å². The van der Waals surface area contributed by atoms with Gasteiger partial charge in [-0.15, -0.1) is 6.58 Å². The number of amides is 3. The number of carbonyl (C=O) groups excluding carboxylic acids is 4. The van der Waals surface area contributed by atoms with Gasteiger partial charge in [0.1, 0.15) is 23.8 Å². The molecule has 7 rings (SSSR count). The first kappa shape index (κ1) is 40.9. The van der Waals surface area contributed by atoms with Crippen LogP contribution in [0, 0.1) is 0 Å². The first-order valence-electron chi connectivity index (χ1n) is 20.0. The molecule has 2 aliphatic rings. The van der Waals surface area contributed by atoms with Crippen molar-refractivity contribution < 1.29 is 29.4 Å². The number of piperazine rings is 1. The first-order valence-corrected chi connectivity index (χ1v) is 20.0. The molecule has 3 aromatic carbocycles. The number of nitrogens with zero attached hydrogens (tertiary/aromatic N) is 7. The molecule has 2 atom stereocenters. The third kappa shape index (κ3) is 8.91. The lowest BCUT2D eigenvalue weighted by atomic mass is 9.97. The Balaban J connectivity index is 1.19. The van der Waals surface area contributed by atoms with Crippen LogP contribution in [-0.2, 0) is 47.2 Å². The van der Waals surface area contributed by atoms with Gasteiger partial charge in [0, 0.05) is 82.9 Å². The zero-order valence-electron chi connectivity index (χ0n) is 33.6. The molecule has 13 heteroatoms. The van der Waals surface area contributed by atoms with E-state index in [4.69, 9.17) is 0 Å². The predicted molar refractivity (Wildman–Crippen MR) is 225 cm³/mol. The fourth-order valence-electron chi connectivity index (χ4n) is 8.33. The van der Waals surface area contributed by atoms with Crippen LogP contribution in [0.15, 0.2) is 110 Å². The minimum absolute atomic E-state index is 0.0673. The summed E-state index contributed by atoms with van der Waals surface area (Å²) in [4.78, 5) is 66.8. The van der Waals surface area contributed by atoms with Crippen LogP contribution < -0.4 is 4.90 Å². The molecule has 4 heterocycles. The predicted octanol–water partition coefficient (Wildman–Crippen LogP) is 4.51. The molecule has 1 unspecified atom stereocenters. The summed E-state index contributed by atoms with van der Waals surface area (Å²) < 4.78 is 1.92. The smallest absolute Gasteiger partial charge is 0.246 e. The number of benzene rings is 3. The highest BCUT2D eigenvalue weighted by Crippen LogP contribution is 2.32. The number of ketones is 1. The highest BCUT2D eigenvalue weighted by molar-refractivity contribution is 6.09. The zero-order chi connectivity index (χ0) is 41.6. The van der Waals surface area contributed by atoms with Crippen LogP contribution in [-0.4, -0.2) is 115 Å². The van der Waals surface area contributed by atoms with Crippen LogP contribution in [0.2, 0.25) is 0 Å². The van der Waals surface area contributed by atoms with E-state index >= 15 is 0 Å². The van der Waals surface area contributed by atoms with E-state index in [-0.39, 0.29) is 81.3 Å². The van der Waals surface area contributed by atoms with Crippen molar-refractivity contribution in [2.75, 3.05) is 44.7 Å². The molecule has 3 amide bonds. The molecule has 2 saturated heterocycles. The standard InChI is InChI=1S/C46H51N7O6/c1-4-22-51-31-44(58)52-39(25-33-14-18-36(55)19-15-33)46(59)50(30-42(52)53(51)43(57)21-17-32-10-6-5-7-11-32)28-35-12-8-13-37-38(29-49(3)45(35)37)40(56)26-34-16-20-41(47-27-34)48(2)23-9-24-54/h4-8,10-16,18-20,27,29,39,42,54-55H,1,9,17,21-26,28,30-31H2,2-3H3/t39-,42?/m0/s1. The summed E-state index contributed by atoms with van der Waals surface area (Å²) in [5, 5.41) is 23.3. The number of hydrogen-bond donors (Lipinski definition) is 2. The van der Waals surface area contributed by atoms with Gasteiger partial charge in [0.15, 0.2) is 5.78 Å². The molecule has 0 spiro atoms. The van der Waals surface area contributed by atoms with Crippen molar-refractivity contribution in [2.45, 2.75) is 50.9 Å². The van der Waals surface area contributed by atoms with Gasteiger partial charge in [-0.1, -0.05) is 72.8 Å². The van der Waals surface area contributed by atoms with Gasteiger partial charge in [-0.2, -0.15) is 0 Å². The number of aromatic nitrogens is 2. The molecule has 2 N–H and O–H groups in total. The largest absolute Gasteiger partial charge is 0.508 e. The number of aliphatic hydroxyl groups is 1. The third-order valence-corrected chi connectivity index (χ3v) is 11.2. The summed E-state index contributed by atoms with van der Waals surface area (Å²) in [6.07, 6.45) is 6.12. The molecule has 0 saturated carbocycles. The molecule has 306 valence electrons. The van der Waals surface area contributed by atoms with E-state index in [1.807, 2.05) is 90.4 Å². The van der Waals surface area contributed by atoms with Crippen LogP contribution >= 0.6 is 0 Å². The second kappa shape index (κ2) is 18.1. The number of phenols is 1. The average molecular weight is 798 g/mol. The molecular weight excluding hydrogens is 747 g/mol. The minimum Gasteiger partial charge on any atom is -0.508 e. The van der Waals surface area contributed by atoms with Crippen LogP contribution in [0.3, 0.4) is 0 Å². The monoisotopic (exact) mass is 797 g/mol. The van der Waals surface area contributed by atoms with Crippen molar-refractivity contribution in [1.82, 2.24) is 29.4 Å². The highest BCUT2D eigenvalue weighted by atomic mass is 16.3. The Bertz CT molecular complexity index is 2310. The maximum absolute atomic E-state index is 14.7. The highest BCUT2D eigenvalue weighted by Gasteiger charge is 2.51. The first-order chi connectivity index (χ1) is 28.6. The molecular formula is C46H51N7O6. The van der Waals surface area contributed by atoms with E-state index in [1.165, 1.54) is 0 Å². The molecule has 0 bridgehead atoms. The molecule has 2 aromatic heterocycles.